The van der Waals surface area contributed by atoms with Crippen LogP contribution in [0.5, 0.6) is 5.75 Å². The molecule has 10 rings (SSSR count). The molecule has 73 heavy (non-hydrogen) atoms. The third-order valence-electron chi connectivity index (χ3n) is 12.9. The molecule has 7 aromatic carbocycles. The Morgan fingerprint density at radius 1 is 0.712 bits per heavy atom. The zero-order valence-corrected chi connectivity index (χ0v) is 42.4. The molecule has 0 aliphatic carbocycles. The van der Waals surface area contributed by atoms with Crippen LogP contribution in [0.4, 0.5) is 5.13 Å². The van der Waals surface area contributed by atoms with E-state index in [2.05, 4.69) is 94.4 Å². The summed E-state index contributed by atoms with van der Waals surface area (Å²) < 4.78 is 11.4. The van der Waals surface area contributed by atoms with Gasteiger partial charge in [-0.25, -0.2) is 9.78 Å². The van der Waals surface area contributed by atoms with E-state index in [0.717, 1.165) is 38.2 Å². The fraction of sp³-hybridized carbons (Fsp3) is 0.119. The van der Waals surface area contributed by atoms with E-state index in [4.69, 9.17) is 19.3 Å². The maximum absolute atomic E-state index is 14.8. The van der Waals surface area contributed by atoms with Gasteiger partial charge in [-0.15, -0.1) is 23.1 Å². The van der Waals surface area contributed by atoms with E-state index in [-0.39, 0.29) is 23.7 Å². The minimum absolute atomic E-state index is 0.0412. The molecule has 14 heteroatoms. The number of nitrogens with zero attached hydrogens (tertiary/aromatic N) is 3. The Kier molecular flexibility index (Phi) is 14.5. The number of esters is 1. The number of thioether (sulfide) groups is 1. The van der Waals surface area contributed by atoms with Crippen LogP contribution in [-0.2, 0) is 36.1 Å². The lowest BCUT2D eigenvalue weighted by Gasteiger charge is -2.49. The Morgan fingerprint density at radius 2 is 1.21 bits per heavy atom. The maximum Gasteiger partial charge on any atom is 0.355 e. The number of amides is 2. The molecule has 2 atom stereocenters. The molecule has 8 aromatic rings. The number of nitrogens with one attached hydrogen (secondary N) is 2. The first kappa shape index (κ1) is 48.7. The van der Waals surface area contributed by atoms with Crippen molar-refractivity contribution in [1.82, 2.24) is 15.2 Å². The van der Waals surface area contributed by atoms with Gasteiger partial charge in [-0.3, -0.25) is 14.5 Å². The summed E-state index contributed by atoms with van der Waals surface area (Å²) in [4.78, 5) is 55.6. The zero-order chi connectivity index (χ0) is 50.2. The molecule has 2 amide bonds. The second-order valence-corrected chi connectivity index (χ2v) is 22.4. The van der Waals surface area contributed by atoms with Gasteiger partial charge in [0, 0.05) is 11.1 Å². The van der Waals surface area contributed by atoms with Crippen LogP contribution >= 0.6 is 30.0 Å². The number of fused-ring (bicyclic) bond motifs is 1. The first-order chi connectivity index (χ1) is 35.8. The average molecular weight is 1020 g/mol. The number of oxime groups is 1. The molecule has 0 saturated carbocycles. The topological polar surface area (TPSA) is 131 Å². The van der Waals surface area contributed by atoms with Crippen molar-refractivity contribution in [3.05, 3.63) is 251 Å². The lowest BCUT2D eigenvalue weighted by atomic mass is 9.77. The van der Waals surface area contributed by atoms with Gasteiger partial charge in [0.1, 0.15) is 47.8 Å². The summed E-state index contributed by atoms with van der Waals surface area (Å²) in [7, 11) is 2.94. The second kappa shape index (κ2) is 21.8. The average Bonchev–Trinajstić information content (AvgIpc) is 3.93. The molecule has 2 aliphatic rings. The summed E-state index contributed by atoms with van der Waals surface area (Å²) >= 11 is 2.78. The first-order valence-electron chi connectivity index (χ1n) is 23.6. The summed E-state index contributed by atoms with van der Waals surface area (Å²) in [6.45, 7) is -2.69. The van der Waals surface area contributed by atoms with Gasteiger partial charge in [-0.2, -0.15) is 0 Å². The third kappa shape index (κ3) is 9.62. The van der Waals surface area contributed by atoms with Crippen molar-refractivity contribution in [1.29, 1.82) is 0 Å². The number of hydrogen-bond acceptors (Lipinski definition) is 11. The van der Waals surface area contributed by atoms with Gasteiger partial charge in [0.05, 0.1) is 7.11 Å². The molecule has 2 N–H and O–H groups in total. The number of rotatable bonds is 17. The summed E-state index contributed by atoms with van der Waals surface area (Å²) in [6, 6.07) is 67.5. The van der Waals surface area contributed by atoms with Gasteiger partial charge < -0.3 is 24.9 Å². The maximum atomic E-state index is 14.8. The van der Waals surface area contributed by atoms with Crippen molar-refractivity contribution in [2.24, 2.45) is 5.16 Å². The van der Waals surface area contributed by atoms with E-state index in [1.807, 2.05) is 121 Å². The van der Waals surface area contributed by atoms with Crippen molar-refractivity contribution in [3.63, 3.8) is 0 Å². The monoisotopic (exact) mass is 1020 g/mol. The summed E-state index contributed by atoms with van der Waals surface area (Å²) in [5.74, 6) is 1.44. The summed E-state index contributed by atoms with van der Waals surface area (Å²) in [6.07, 6.45) is 0. The van der Waals surface area contributed by atoms with Gasteiger partial charge in [-0.1, -0.05) is 199 Å². The van der Waals surface area contributed by atoms with E-state index < -0.39 is 41.6 Å². The minimum Gasteiger partial charge on any atom is -0.497 e. The Balaban J connectivity index is 0.992. The molecule has 0 bridgehead atoms. The van der Waals surface area contributed by atoms with Gasteiger partial charge in [0.15, 0.2) is 10.8 Å². The van der Waals surface area contributed by atoms with E-state index in [0.29, 0.717) is 22.2 Å². The highest BCUT2D eigenvalue weighted by molar-refractivity contribution is 8.00. The SMILES string of the molecule is CO/N=C(\C(=O)NC1C(=O)N2C(C(=O)OCc3ccc(OC)cc3)=C(C=P(c3ccccc3)(c3ccccc3)c3ccccc3)CS[C@@H]12)c1csc(NC(c2ccccc2)(c2ccccc2)c2ccccc2)n1. The Morgan fingerprint density at radius 3 is 1.68 bits per heavy atom. The molecule has 1 fully saturated rings. The largest absolute Gasteiger partial charge is 0.497 e. The molecular formula is C59H50N5O6PS2. The van der Waals surface area contributed by atoms with Crippen molar-refractivity contribution < 1.29 is 28.7 Å². The molecule has 1 aromatic heterocycles. The van der Waals surface area contributed by atoms with Gasteiger partial charge >= 0.3 is 5.97 Å². The molecule has 0 radical (unpaired) electrons. The quantitative estimate of drug-likeness (QED) is 0.0229. The molecule has 11 nitrogen and oxygen atoms in total. The number of carbonyl (C=O) groups excluding carboxylic acids is 3. The lowest BCUT2D eigenvalue weighted by Crippen LogP contribution is -2.71. The standard InChI is InChI=1S/C59H50N5O6PS2/c1-68-46-35-33-41(34-36-46)37-70-57(67)53-42(38-71(47-27-15-6-16-28-47,48-29-17-7-18-30-48)49-31-19-8-20-32-49)39-72-56-52(55(66)64(53)56)61-54(65)51(63-69-2)50-40-73-58(60-50)62-59(43-21-9-3-10-22-43,44-23-11-4-12-24-44)45-25-13-5-14-26-45/h3-36,38,40,52,56H,37,39H2,1-2H3,(H,60,62)(H,61,65)/b63-51-/t52?,56-/m0/s1. The van der Waals surface area contributed by atoms with E-state index in [9.17, 15) is 14.4 Å². The number of hydrogen-bond donors (Lipinski definition) is 2. The van der Waals surface area contributed by atoms with E-state index >= 15 is 0 Å². The molecule has 1 unspecified atom stereocenters. The Bertz CT molecular complexity index is 3140. The molecule has 2 aliphatic heterocycles. The first-order valence-corrected chi connectivity index (χ1v) is 27.3. The second-order valence-electron chi connectivity index (χ2n) is 17.2. The van der Waals surface area contributed by atoms with Crippen LogP contribution in [0, 0.1) is 0 Å². The lowest BCUT2D eigenvalue weighted by molar-refractivity contribution is -0.153. The van der Waals surface area contributed by atoms with Crippen molar-refractivity contribution >= 4 is 80.3 Å². The number of anilines is 1. The summed E-state index contributed by atoms with van der Waals surface area (Å²) in [5.41, 5.74) is 3.75. The van der Waals surface area contributed by atoms with Crippen LogP contribution in [0.1, 0.15) is 27.9 Å². The smallest absolute Gasteiger partial charge is 0.355 e. The number of carbonyl (C=O) groups is 3. The van der Waals surface area contributed by atoms with E-state index in [1.54, 1.807) is 24.6 Å². The van der Waals surface area contributed by atoms with Crippen LogP contribution < -0.4 is 31.3 Å². The normalized spacial score (nSPS) is 15.6. The molecule has 0 spiro atoms. The number of thiazole rings is 1. The highest BCUT2D eigenvalue weighted by Crippen LogP contribution is 2.48. The van der Waals surface area contributed by atoms with Crippen molar-refractivity contribution in [2.45, 2.75) is 23.6 Å². The zero-order valence-electron chi connectivity index (χ0n) is 39.9. The number of benzene rings is 7. The number of aromatic nitrogens is 1. The number of ether oxygens (including phenoxy) is 2. The third-order valence-corrected chi connectivity index (χ3v) is 19.0. The molecule has 3 heterocycles. The molecule has 364 valence electrons. The van der Waals surface area contributed by atoms with Gasteiger partial charge in [0.2, 0.25) is 0 Å². The fourth-order valence-electron chi connectivity index (χ4n) is 9.45. The predicted molar refractivity (Wildman–Crippen MR) is 295 cm³/mol. The number of β-lactam (4-membered cyclic amide) rings is 1. The minimum atomic E-state index is -2.65. The van der Waals surface area contributed by atoms with Crippen LogP contribution in [0.3, 0.4) is 0 Å². The Labute approximate surface area is 432 Å². The van der Waals surface area contributed by atoms with Crippen LogP contribution in [0.15, 0.2) is 228 Å². The van der Waals surface area contributed by atoms with Gasteiger partial charge in [0.25, 0.3) is 11.8 Å². The highest BCUT2D eigenvalue weighted by atomic mass is 32.2. The van der Waals surface area contributed by atoms with Crippen LogP contribution in [0.2, 0.25) is 0 Å². The fourth-order valence-corrected chi connectivity index (χ4v) is 15.6. The van der Waals surface area contributed by atoms with Crippen LogP contribution in [-0.4, -0.2) is 70.6 Å². The Hall–Kier alpha value is -7.96. The number of methoxy groups -OCH3 is 1. The van der Waals surface area contributed by atoms with Crippen molar-refractivity contribution in [2.75, 3.05) is 25.3 Å². The summed E-state index contributed by atoms with van der Waals surface area (Å²) in [5, 5.41) is 15.7. The predicted octanol–water partition coefficient (Wildman–Crippen LogP) is 9.10. The highest BCUT2D eigenvalue weighted by Gasteiger charge is 2.55. The molecule has 1 saturated heterocycles. The van der Waals surface area contributed by atoms with Crippen molar-refractivity contribution in [3.8, 4) is 5.75 Å². The van der Waals surface area contributed by atoms with Crippen LogP contribution in [0.25, 0.3) is 0 Å². The van der Waals surface area contributed by atoms with E-state index in [1.165, 1.54) is 35.1 Å². The molecular weight excluding hydrogens is 970 g/mol. The van der Waals surface area contributed by atoms with Gasteiger partial charge in [-0.05, 0) is 68.6 Å².